The molecular formula is C14H20FNOS2. The fourth-order valence-corrected chi connectivity index (χ4v) is 4.17. The summed E-state index contributed by atoms with van der Waals surface area (Å²) in [6.07, 6.45) is 3.82. The molecule has 2 N–H and O–H groups in total. The first-order valence-electron chi connectivity index (χ1n) is 6.52. The van der Waals surface area contributed by atoms with Crippen molar-refractivity contribution in [2.24, 2.45) is 0 Å². The Morgan fingerprint density at radius 2 is 2.42 bits per heavy atom. The normalized spacial score (nSPS) is 20.1. The molecule has 0 aliphatic carbocycles. The molecule has 0 aromatic heterocycles. The van der Waals surface area contributed by atoms with Crippen LogP contribution in [-0.2, 0) is 0 Å². The summed E-state index contributed by atoms with van der Waals surface area (Å²) in [4.78, 5) is 1.18. The fraction of sp³-hybridized carbons (Fsp3) is 0.571. The van der Waals surface area contributed by atoms with Gasteiger partial charge in [-0.3, -0.25) is 0 Å². The van der Waals surface area contributed by atoms with Crippen molar-refractivity contribution in [1.82, 2.24) is 5.32 Å². The van der Waals surface area contributed by atoms with Gasteiger partial charge in [-0.05, 0) is 48.6 Å². The zero-order valence-corrected chi connectivity index (χ0v) is 12.7. The van der Waals surface area contributed by atoms with Crippen LogP contribution in [-0.4, -0.2) is 35.5 Å². The molecule has 0 saturated carbocycles. The van der Waals surface area contributed by atoms with Crippen LogP contribution in [0.25, 0.3) is 0 Å². The van der Waals surface area contributed by atoms with E-state index in [-0.39, 0.29) is 24.5 Å². The van der Waals surface area contributed by atoms with Crippen LogP contribution in [0.3, 0.4) is 0 Å². The summed E-state index contributed by atoms with van der Waals surface area (Å²) < 4.78 is 13.4. The molecule has 0 bridgehead atoms. The third-order valence-corrected chi connectivity index (χ3v) is 5.15. The van der Waals surface area contributed by atoms with Crippen molar-refractivity contribution in [3.8, 4) is 0 Å². The minimum Gasteiger partial charge on any atom is -0.396 e. The summed E-state index contributed by atoms with van der Waals surface area (Å²) in [7, 11) is 0. The molecule has 0 radical (unpaired) electrons. The largest absolute Gasteiger partial charge is 0.396 e. The SMILES string of the molecule is CSCC(CCO)NC1CCSc2ccc(F)cc21. The van der Waals surface area contributed by atoms with Gasteiger partial charge in [0.2, 0.25) is 0 Å². The topological polar surface area (TPSA) is 32.3 Å². The number of thioether (sulfide) groups is 2. The van der Waals surface area contributed by atoms with E-state index in [2.05, 4.69) is 11.6 Å². The summed E-state index contributed by atoms with van der Waals surface area (Å²) in [6.45, 7) is 0.190. The van der Waals surface area contributed by atoms with Crippen molar-refractivity contribution < 1.29 is 9.50 Å². The lowest BCUT2D eigenvalue weighted by molar-refractivity contribution is 0.263. The zero-order valence-electron chi connectivity index (χ0n) is 11.1. The van der Waals surface area contributed by atoms with Crippen LogP contribution < -0.4 is 5.32 Å². The maximum atomic E-state index is 13.4. The molecule has 106 valence electrons. The Morgan fingerprint density at radius 3 is 3.16 bits per heavy atom. The van der Waals surface area contributed by atoms with E-state index in [0.29, 0.717) is 0 Å². The third kappa shape index (κ3) is 4.12. The Balaban J connectivity index is 2.11. The molecule has 5 heteroatoms. The highest BCUT2D eigenvalue weighted by molar-refractivity contribution is 7.99. The van der Waals surface area contributed by atoms with Gasteiger partial charge in [-0.1, -0.05) is 0 Å². The summed E-state index contributed by atoms with van der Waals surface area (Å²) in [5.74, 6) is 1.85. The van der Waals surface area contributed by atoms with Gasteiger partial charge in [0, 0.05) is 29.3 Å². The highest BCUT2D eigenvalue weighted by Gasteiger charge is 2.23. The van der Waals surface area contributed by atoms with Crippen molar-refractivity contribution in [3.63, 3.8) is 0 Å². The number of aliphatic hydroxyl groups excluding tert-OH is 1. The molecule has 1 aliphatic rings. The van der Waals surface area contributed by atoms with Crippen LogP contribution in [0.5, 0.6) is 0 Å². The fourth-order valence-electron chi connectivity index (χ4n) is 2.39. The lowest BCUT2D eigenvalue weighted by atomic mass is 10.0. The van der Waals surface area contributed by atoms with Crippen LogP contribution in [0.15, 0.2) is 23.1 Å². The van der Waals surface area contributed by atoms with Gasteiger partial charge in [0.15, 0.2) is 0 Å². The number of benzene rings is 1. The Morgan fingerprint density at radius 1 is 1.58 bits per heavy atom. The van der Waals surface area contributed by atoms with Crippen molar-refractivity contribution in [1.29, 1.82) is 0 Å². The second-order valence-corrected chi connectivity index (χ2v) is 6.75. The van der Waals surface area contributed by atoms with Crippen molar-refractivity contribution >= 4 is 23.5 Å². The highest BCUT2D eigenvalue weighted by atomic mass is 32.2. The quantitative estimate of drug-likeness (QED) is 0.846. The number of aliphatic hydroxyl groups is 1. The van der Waals surface area contributed by atoms with Gasteiger partial charge < -0.3 is 10.4 Å². The van der Waals surface area contributed by atoms with E-state index in [9.17, 15) is 4.39 Å². The van der Waals surface area contributed by atoms with E-state index in [1.807, 2.05) is 6.07 Å². The Bertz CT molecular complexity index is 410. The molecule has 1 aliphatic heterocycles. The molecule has 1 aromatic rings. The predicted molar refractivity (Wildman–Crippen MR) is 81.5 cm³/mol. The zero-order chi connectivity index (χ0) is 13.7. The number of hydrogen-bond acceptors (Lipinski definition) is 4. The molecule has 2 unspecified atom stereocenters. The van der Waals surface area contributed by atoms with E-state index < -0.39 is 0 Å². The van der Waals surface area contributed by atoms with E-state index >= 15 is 0 Å². The minimum absolute atomic E-state index is 0.170. The Labute approximate surface area is 122 Å². The van der Waals surface area contributed by atoms with Crippen LogP contribution in [0, 0.1) is 5.82 Å². The summed E-state index contributed by atoms with van der Waals surface area (Å²) in [6, 6.07) is 5.54. The van der Waals surface area contributed by atoms with Crippen LogP contribution in [0.4, 0.5) is 4.39 Å². The number of fused-ring (bicyclic) bond motifs is 1. The first kappa shape index (κ1) is 15.2. The predicted octanol–water partition coefficient (Wildman–Crippen LogP) is 3.07. The summed E-state index contributed by atoms with van der Waals surface area (Å²) >= 11 is 3.56. The number of rotatable bonds is 6. The molecule has 1 heterocycles. The van der Waals surface area contributed by atoms with Gasteiger partial charge >= 0.3 is 0 Å². The lowest BCUT2D eigenvalue weighted by Crippen LogP contribution is -2.37. The average molecular weight is 301 g/mol. The second kappa shape index (κ2) is 7.53. The maximum absolute atomic E-state index is 13.4. The van der Waals surface area contributed by atoms with Crippen molar-refractivity contribution in [2.75, 3.05) is 24.4 Å². The second-order valence-electron chi connectivity index (χ2n) is 4.70. The monoisotopic (exact) mass is 301 g/mol. The molecule has 1 aromatic carbocycles. The molecule has 2 rings (SSSR count). The van der Waals surface area contributed by atoms with E-state index in [1.54, 1.807) is 29.6 Å². The molecule has 0 fully saturated rings. The summed E-state index contributed by atoms with van der Waals surface area (Å²) in [5.41, 5.74) is 1.07. The van der Waals surface area contributed by atoms with Crippen molar-refractivity contribution in [2.45, 2.75) is 29.8 Å². The molecule has 2 atom stereocenters. The lowest BCUT2D eigenvalue weighted by Gasteiger charge is -2.30. The molecular weight excluding hydrogens is 281 g/mol. The molecule has 0 spiro atoms. The smallest absolute Gasteiger partial charge is 0.123 e. The summed E-state index contributed by atoms with van der Waals surface area (Å²) in [5, 5.41) is 12.7. The maximum Gasteiger partial charge on any atom is 0.123 e. The van der Waals surface area contributed by atoms with Crippen molar-refractivity contribution in [3.05, 3.63) is 29.6 Å². The van der Waals surface area contributed by atoms with E-state index in [4.69, 9.17) is 5.11 Å². The van der Waals surface area contributed by atoms with Crippen LogP contribution in [0.2, 0.25) is 0 Å². The first-order chi connectivity index (χ1) is 9.24. The first-order valence-corrected chi connectivity index (χ1v) is 8.90. The molecule has 0 saturated heterocycles. The Hall–Kier alpha value is -0.230. The Kier molecular flexibility index (Phi) is 6.01. The standard InChI is InChI=1S/C14H20FNOS2/c1-18-9-11(4-6-17)16-13-5-7-19-14-3-2-10(15)8-12(13)14/h2-3,8,11,13,16-17H,4-7,9H2,1H3. The van der Waals surface area contributed by atoms with Gasteiger partial charge in [0.25, 0.3) is 0 Å². The third-order valence-electron chi connectivity index (χ3n) is 3.29. The van der Waals surface area contributed by atoms with Gasteiger partial charge in [0.1, 0.15) is 5.82 Å². The van der Waals surface area contributed by atoms with Crippen LogP contribution >= 0.6 is 23.5 Å². The average Bonchev–Trinajstić information content (AvgIpc) is 2.40. The minimum atomic E-state index is -0.170. The van der Waals surface area contributed by atoms with E-state index in [1.165, 1.54) is 11.0 Å². The van der Waals surface area contributed by atoms with Gasteiger partial charge in [-0.2, -0.15) is 11.8 Å². The number of nitrogens with one attached hydrogen (secondary N) is 1. The van der Waals surface area contributed by atoms with Gasteiger partial charge in [-0.25, -0.2) is 4.39 Å². The van der Waals surface area contributed by atoms with Gasteiger partial charge in [0.05, 0.1) is 0 Å². The number of hydrogen-bond donors (Lipinski definition) is 2. The van der Waals surface area contributed by atoms with Gasteiger partial charge in [-0.15, -0.1) is 11.8 Å². The molecule has 2 nitrogen and oxygen atoms in total. The molecule has 0 amide bonds. The highest BCUT2D eigenvalue weighted by Crippen LogP contribution is 2.36. The molecule has 19 heavy (non-hydrogen) atoms. The van der Waals surface area contributed by atoms with E-state index in [0.717, 1.165) is 29.9 Å². The number of halogens is 1. The van der Waals surface area contributed by atoms with Crippen LogP contribution in [0.1, 0.15) is 24.4 Å².